The average molecular weight is 433 g/mol. The van der Waals surface area contributed by atoms with Crippen LogP contribution in [0.15, 0.2) is 52.6 Å². The van der Waals surface area contributed by atoms with E-state index in [0.29, 0.717) is 40.8 Å². The van der Waals surface area contributed by atoms with Crippen molar-refractivity contribution in [2.45, 2.75) is 6.54 Å². The van der Waals surface area contributed by atoms with Gasteiger partial charge >= 0.3 is 0 Å². The van der Waals surface area contributed by atoms with E-state index < -0.39 is 0 Å². The summed E-state index contributed by atoms with van der Waals surface area (Å²) in [6.45, 7) is 3.02. The number of piperazine rings is 1. The SMILES string of the molecule is Cn1c(N2CCN(c3ccc4c(=O)n(CCO)cnc4c3)CC2)nc2cnccc2c1=O. The Morgan fingerprint density at radius 2 is 1.72 bits per heavy atom. The third-order valence-electron chi connectivity index (χ3n) is 5.93. The Balaban J connectivity index is 1.38. The third kappa shape index (κ3) is 3.38. The van der Waals surface area contributed by atoms with E-state index in [-0.39, 0.29) is 24.3 Å². The van der Waals surface area contributed by atoms with Gasteiger partial charge < -0.3 is 14.9 Å². The molecule has 0 amide bonds. The number of aliphatic hydroxyl groups excluding tert-OH is 1. The minimum atomic E-state index is -0.154. The number of anilines is 2. The van der Waals surface area contributed by atoms with Gasteiger partial charge in [0.05, 0.1) is 47.5 Å². The van der Waals surface area contributed by atoms with Crippen molar-refractivity contribution >= 4 is 33.4 Å². The number of benzene rings is 1. The highest BCUT2D eigenvalue weighted by Gasteiger charge is 2.22. The Hall–Kier alpha value is -3.79. The molecule has 1 saturated heterocycles. The van der Waals surface area contributed by atoms with Crippen LogP contribution in [0.1, 0.15) is 0 Å². The fraction of sp³-hybridized carbons (Fsp3) is 0.318. The van der Waals surface area contributed by atoms with E-state index in [1.54, 1.807) is 36.1 Å². The lowest BCUT2D eigenvalue weighted by Crippen LogP contribution is -2.48. The number of nitrogens with zero attached hydrogens (tertiary/aromatic N) is 7. The predicted octanol–water partition coefficient (Wildman–Crippen LogP) is 0.357. The van der Waals surface area contributed by atoms with E-state index in [0.717, 1.165) is 18.8 Å². The van der Waals surface area contributed by atoms with E-state index in [1.165, 1.54) is 10.9 Å². The van der Waals surface area contributed by atoms with Crippen LogP contribution in [0.5, 0.6) is 0 Å². The Morgan fingerprint density at radius 1 is 0.969 bits per heavy atom. The number of hydrogen-bond acceptors (Lipinski definition) is 8. The number of aliphatic hydroxyl groups is 1. The van der Waals surface area contributed by atoms with Gasteiger partial charge in [0, 0.05) is 45.1 Å². The number of fused-ring (bicyclic) bond motifs is 2. The zero-order valence-corrected chi connectivity index (χ0v) is 17.7. The fourth-order valence-corrected chi connectivity index (χ4v) is 4.17. The van der Waals surface area contributed by atoms with Gasteiger partial charge in [-0.2, -0.15) is 0 Å². The van der Waals surface area contributed by atoms with Gasteiger partial charge in [-0.3, -0.25) is 23.7 Å². The summed E-state index contributed by atoms with van der Waals surface area (Å²) in [6, 6.07) is 7.34. The molecule has 0 radical (unpaired) electrons. The highest BCUT2D eigenvalue weighted by molar-refractivity contribution is 5.81. The minimum Gasteiger partial charge on any atom is -0.395 e. The molecule has 0 spiro atoms. The van der Waals surface area contributed by atoms with E-state index in [4.69, 9.17) is 5.11 Å². The summed E-state index contributed by atoms with van der Waals surface area (Å²) in [6.07, 6.45) is 4.70. The average Bonchev–Trinajstić information content (AvgIpc) is 2.83. The van der Waals surface area contributed by atoms with Gasteiger partial charge in [0.1, 0.15) is 0 Å². The van der Waals surface area contributed by atoms with Crippen LogP contribution in [-0.2, 0) is 13.6 Å². The first-order valence-electron chi connectivity index (χ1n) is 10.5. The van der Waals surface area contributed by atoms with Crippen molar-refractivity contribution in [3.05, 3.63) is 63.7 Å². The monoisotopic (exact) mass is 433 g/mol. The summed E-state index contributed by atoms with van der Waals surface area (Å²) in [5.74, 6) is 0.639. The lowest BCUT2D eigenvalue weighted by molar-refractivity contribution is 0.274. The van der Waals surface area contributed by atoms with E-state index >= 15 is 0 Å². The molecule has 4 aromatic rings. The van der Waals surface area contributed by atoms with Gasteiger partial charge in [-0.15, -0.1) is 0 Å². The Bertz CT molecular complexity index is 1420. The Kier molecular flexibility index (Phi) is 5.06. The van der Waals surface area contributed by atoms with Crippen LogP contribution in [0, 0.1) is 0 Å². The summed E-state index contributed by atoms with van der Waals surface area (Å²) < 4.78 is 3.01. The zero-order valence-electron chi connectivity index (χ0n) is 17.7. The number of rotatable bonds is 4. The third-order valence-corrected chi connectivity index (χ3v) is 5.93. The quantitative estimate of drug-likeness (QED) is 0.491. The molecule has 32 heavy (non-hydrogen) atoms. The molecule has 0 bridgehead atoms. The van der Waals surface area contributed by atoms with Crippen LogP contribution >= 0.6 is 0 Å². The maximum Gasteiger partial charge on any atom is 0.262 e. The number of hydrogen-bond donors (Lipinski definition) is 1. The fourth-order valence-electron chi connectivity index (χ4n) is 4.17. The summed E-state index contributed by atoms with van der Waals surface area (Å²) in [4.78, 5) is 42.7. The normalized spacial score (nSPS) is 14.4. The molecule has 1 aliphatic rings. The molecular weight excluding hydrogens is 410 g/mol. The van der Waals surface area contributed by atoms with E-state index in [1.807, 2.05) is 12.1 Å². The van der Waals surface area contributed by atoms with Crippen LogP contribution < -0.4 is 20.9 Å². The Labute approximate surface area is 183 Å². The molecule has 1 aliphatic heterocycles. The second-order valence-corrected chi connectivity index (χ2v) is 7.81. The standard InChI is InChI=1S/C22H23N7O3/c1-26-20(31)17-4-5-23-13-19(17)25-22(26)28-8-6-27(7-9-28)15-2-3-16-18(12-15)24-14-29(10-11-30)21(16)32/h2-5,12-14,30H,6-11H2,1H3. The summed E-state index contributed by atoms with van der Waals surface area (Å²) in [5.41, 5.74) is 1.99. The predicted molar refractivity (Wildman–Crippen MR) is 122 cm³/mol. The first-order chi connectivity index (χ1) is 15.6. The van der Waals surface area contributed by atoms with Crippen LogP contribution in [0.25, 0.3) is 21.8 Å². The number of pyridine rings is 1. The molecule has 3 aromatic heterocycles. The second kappa shape index (κ2) is 8.04. The zero-order chi connectivity index (χ0) is 22.2. The molecule has 0 unspecified atom stereocenters. The van der Waals surface area contributed by atoms with Crippen molar-refractivity contribution in [3.63, 3.8) is 0 Å². The van der Waals surface area contributed by atoms with Crippen LogP contribution in [-0.4, -0.2) is 62.0 Å². The maximum absolute atomic E-state index is 12.7. The van der Waals surface area contributed by atoms with Crippen molar-refractivity contribution < 1.29 is 5.11 Å². The van der Waals surface area contributed by atoms with Crippen molar-refractivity contribution in [2.75, 3.05) is 42.6 Å². The van der Waals surface area contributed by atoms with Gasteiger partial charge in [0.2, 0.25) is 5.95 Å². The van der Waals surface area contributed by atoms with Crippen molar-refractivity contribution in [1.82, 2.24) is 24.1 Å². The molecule has 1 aromatic carbocycles. The van der Waals surface area contributed by atoms with Crippen molar-refractivity contribution in [1.29, 1.82) is 0 Å². The van der Waals surface area contributed by atoms with Crippen LogP contribution in [0.3, 0.4) is 0 Å². The molecule has 5 rings (SSSR count). The largest absolute Gasteiger partial charge is 0.395 e. The molecule has 0 atom stereocenters. The van der Waals surface area contributed by atoms with Gasteiger partial charge in [0.25, 0.3) is 11.1 Å². The molecule has 10 heteroatoms. The van der Waals surface area contributed by atoms with Crippen molar-refractivity contribution in [2.24, 2.45) is 7.05 Å². The van der Waals surface area contributed by atoms with Gasteiger partial charge in [0.15, 0.2) is 0 Å². The number of aromatic nitrogens is 5. The van der Waals surface area contributed by atoms with Gasteiger partial charge in [-0.05, 0) is 24.3 Å². The molecule has 4 heterocycles. The lowest BCUT2D eigenvalue weighted by atomic mass is 10.2. The molecule has 164 valence electrons. The van der Waals surface area contributed by atoms with Gasteiger partial charge in [-0.1, -0.05) is 0 Å². The first kappa shape index (κ1) is 20.1. The molecule has 0 aliphatic carbocycles. The summed E-state index contributed by atoms with van der Waals surface area (Å²) in [7, 11) is 1.75. The van der Waals surface area contributed by atoms with Crippen LogP contribution in [0.4, 0.5) is 11.6 Å². The molecule has 1 fully saturated rings. The van der Waals surface area contributed by atoms with Crippen LogP contribution in [0.2, 0.25) is 0 Å². The first-order valence-corrected chi connectivity index (χ1v) is 10.5. The summed E-state index contributed by atoms with van der Waals surface area (Å²) >= 11 is 0. The lowest BCUT2D eigenvalue weighted by Gasteiger charge is -2.37. The molecular formula is C22H23N7O3. The van der Waals surface area contributed by atoms with Gasteiger partial charge in [-0.25, -0.2) is 9.97 Å². The second-order valence-electron chi connectivity index (χ2n) is 7.81. The molecule has 0 saturated carbocycles. The van der Waals surface area contributed by atoms with Crippen molar-refractivity contribution in [3.8, 4) is 0 Å². The molecule has 10 nitrogen and oxygen atoms in total. The highest BCUT2D eigenvalue weighted by atomic mass is 16.3. The minimum absolute atomic E-state index is 0.0812. The Morgan fingerprint density at radius 3 is 2.50 bits per heavy atom. The maximum atomic E-state index is 12.7. The smallest absolute Gasteiger partial charge is 0.262 e. The van der Waals surface area contributed by atoms with E-state index in [9.17, 15) is 9.59 Å². The molecule has 1 N–H and O–H groups in total. The van der Waals surface area contributed by atoms with E-state index in [2.05, 4.69) is 24.8 Å². The highest BCUT2D eigenvalue weighted by Crippen LogP contribution is 2.22. The summed E-state index contributed by atoms with van der Waals surface area (Å²) in [5, 5.41) is 10.2. The topological polar surface area (TPSA) is 109 Å².